The zero-order chi connectivity index (χ0) is 19.9. The minimum atomic E-state index is -0.894. The Morgan fingerprint density at radius 1 is 1.18 bits per heavy atom. The number of carbonyl (C=O) groups is 3. The van der Waals surface area contributed by atoms with E-state index in [4.69, 9.17) is 9.15 Å². The third kappa shape index (κ3) is 5.00. The summed E-state index contributed by atoms with van der Waals surface area (Å²) in [6.07, 6.45) is 3.55. The highest BCUT2D eigenvalue weighted by molar-refractivity contribution is 5.88. The summed E-state index contributed by atoms with van der Waals surface area (Å²) in [5.74, 6) is -0.897. The lowest BCUT2D eigenvalue weighted by Gasteiger charge is -2.16. The van der Waals surface area contributed by atoms with Gasteiger partial charge in [0.25, 0.3) is 5.91 Å². The van der Waals surface area contributed by atoms with Gasteiger partial charge in [-0.2, -0.15) is 0 Å². The number of carbonyl (C=O) groups excluding carboxylic acids is 3. The van der Waals surface area contributed by atoms with Gasteiger partial charge in [-0.1, -0.05) is 18.2 Å². The molecule has 28 heavy (non-hydrogen) atoms. The minimum absolute atomic E-state index is 0.202. The number of H-pyrrole nitrogens is 1. The van der Waals surface area contributed by atoms with Crippen LogP contribution in [0, 0.1) is 0 Å². The van der Waals surface area contributed by atoms with Gasteiger partial charge in [0.15, 0.2) is 6.61 Å². The van der Waals surface area contributed by atoms with E-state index in [-0.39, 0.29) is 18.9 Å². The van der Waals surface area contributed by atoms with Crippen LogP contribution in [-0.4, -0.2) is 35.4 Å². The van der Waals surface area contributed by atoms with Crippen LogP contribution in [0.4, 0.5) is 0 Å². The maximum Gasteiger partial charge on any atom is 0.329 e. The minimum Gasteiger partial charge on any atom is -0.467 e. The van der Waals surface area contributed by atoms with Crippen LogP contribution in [0.2, 0.25) is 0 Å². The van der Waals surface area contributed by atoms with Crippen LogP contribution < -0.4 is 10.6 Å². The van der Waals surface area contributed by atoms with E-state index in [1.165, 1.54) is 13.2 Å². The molecule has 0 saturated carbocycles. The summed E-state index contributed by atoms with van der Waals surface area (Å²) in [5.41, 5.74) is 1.80. The molecule has 3 rings (SSSR count). The maximum absolute atomic E-state index is 12.4. The summed E-state index contributed by atoms with van der Waals surface area (Å²) in [5, 5.41) is 6.13. The number of hydrogen-bond acceptors (Lipinski definition) is 5. The SMILES string of the molecule is CC(=O)NC(Cc1c[nH]c2ccccc12)C(=O)OCC(=O)NCc1ccco1. The monoisotopic (exact) mass is 383 g/mol. The number of fused-ring (bicyclic) bond motifs is 1. The van der Waals surface area contributed by atoms with Crippen molar-refractivity contribution in [3.8, 4) is 0 Å². The summed E-state index contributed by atoms with van der Waals surface area (Å²) >= 11 is 0. The van der Waals surface area contributed by atoms with Crippen molar-refractivity contribution in [2.24, 2.45) is 0 Å². The van der Waals surface area contributed by atoms with Gasteiger partial charge in [0, 0.05) is 30.4 Å². The lowest BCUT2D eigenvalue weighted by Crippen LogP contribution is -2.43. The quantitative estimate of drug-likeness (QED) is 0.512. The molecular weight excluding hydrogens is 362 g/mol. The first-order chi connectivity index (χ1) is 13.5. The fourth-order valence-electron chi connectivity index (χ4n) is 2.85. The Morgan fingerprint density at radius 2 is 2.00 bits per heavy atom. The molecule has 2 amide bonds. The fourth-order valence-corrected chi connectivity index (χ4v) is 2.85. The average molecular weight is 383 g/mol. The first-order valence-corrected chi connectivity index (χ1v) is 8.80. The van der Waals surface area contributed by atoms with Gasteiger partial charge in [0.05, 0.1) is 12.8 Å². The molecule has 2 heterocycles. The molecule has 0 aliphatic rings. The topological polar surface area (TPSA) is 113 Å². The van der Waals surface area contributed by atoms with Gasteiger partial charge in [-0.05, 0) is 23.8 Å². The van der Waals surface area contributed by atoms with E-state index in [1.807, 2.05) is 24.3 Å². The molecule has 0 aliphatic carbocycles. The Morgan fingerprint density at radius 3 is 2.75 bits per heavy atom. The number of furan rings is 1. The number of amides is 2. The lowest BCUT2D eigenvalue weighted by molar-refractivity contribution is -0.151. The Labute approximate surface area is 161 Å². The van der Waals surface area contributed by atoms with Crippen molar-refractivity contribution in [1.29, 1.82) is 0 Å². The van der Waals surface area contributed by atoms with Crippen LogP contribution in [0.3, 0.4) is 0 Å². The van der Waals surface area contributed by atoms with Gasteiger partial charge in [-0.25, -0.2) is 4.79 Å². The van der Waals surface area contributed by atoms with E-state index in [9.17, 15) is 14.4 Å². The van der Waals surface area contributed by atoms with Gasteiger partial charge in [0.2, 0.25) is 5.91 Å². The molecule has 3 aromatic rings. The molecule has 8 nitrogen and oxygen atoms in total. The number of esters is 1. The van der Waals surface area contributed by atoms with Crippen molar-refractivity contribution in [2.45, 2.75) is 25.9 Å². The van der Waals surface area contributed by atoms with Crippen molar-refractivity contribution < 1.29 is 23.5 Å². The van der Waals surface area contributed by atoms with Crippen molar-refractivity contribution in [3.05, 3.63) is 60.2 Å². The average Bonchev–Trinajstić information content (AvgIpc) is 3.34. The lowest BCUT2D eigenvalue weighted by atomic mass is 10.0. The zero-order valence-electron chi connectivity index (χ0n) is 15.4. The molecule has 0 spiro atoms. The number of ether oxygens (including phenoxy) is 1. The van der Waals surface area contributed by atoms with Crippen LogP contribution in [0.15, 0.2) is 53.3 Å². The molecule has 1 unspecified atom stereocenters. The summed E-state index contributed by atoms with van der Waals surface area (Å²) in [6, 6.07) is 10.2. The third-order valence-corrected chi connectivity index (χ3v) is 4.15. The first-order valence-electron chi connectivity index (χ1n) is 8.80. The van der Waals surface area contributed by atoms with Crippen LogP contribution >= 0.6 is 0 Å². The van der Waals surface area contributed by atoms with Gasteiger partial charge in [0.1, 0.15) is 11.8 Å². The van der Waals surface area contributed by atoms with Gasteiger partial charge in [-0.15, -0.1) is 0 Å². The Hall–Kier alpha value is -3.55. The maximum atomic E-state index is 12.4. The second-order valence-corrected chi connectivity index (χ2v) is 6.28. The normalized spacial score (nSPS) is 11.8. The Balaban J connectivity index is 1.58. The Bertz CT molecular complexity index is 961. The van der Waals surface area contributed by atoms with E-state index in [1.54, 1.807) is 18.3 Å². The van der Waals surface area contributed by atoms with Gasteiger partial charge >= 0.3 is 5.97 Å². The van der Waals surface area contributed by atoms with Crippen LogP contribution in [0.5, 0.6) is 0 Å². The smallest absolute Gasteiger partial charge is 0.329 e. The molecule has 146 valence electrons. The van der Waals surface area contributed by atoms with Crippen LogP contribution in [0.25, 0.3) is 10.9 Å². The second-order valence-electron chi connectivity index (χ2n) is 6.28. The van der Waals surface area contributed by atoms with Crippen molar-refractivity contribution in [1.82, 2.24) is 15.6 Å². The summed E-state index contributed by atoms with van der Waals surface area (Å²) in [7, 11) is 0. The van der Waals surface area contributed by atoms with Crippen LogP contribution in [0.1, 0.15) is 18.2 Å². The highest BCUT2D eigenvalue weighted by Gasteiger charge is 2.23. The Kier molecular flexibility index (Phi) is 6.11. The summed E-state index contributed by atoms with van der Waals surface area (Å²) in [4.78, 5) is 38.9. The number of rotatable bonds is 8. The predicted octanol–water partition coefficient (Wildman–Crippen LogP) is 1.67. The van der Waals surface area contributed by atoms with E-state index in [2.05, 4.69) is 15.6 Å². The van der Waals surface area contributed by atoms with E-state index >= 15 is 0 Å². The summed E-state index contributed by atoms with van der Waals surface area (Å²) < 4.78 is 10.2. The van der Waals surface area contributed by atoms with Gasteiger partial charge < -0.3 is 24.8 Å². The molecule has 2 aromatic heterocycles. The predicted molar refractivity (Wildman–Crippen MR) is 101 cm³/mol. The number of aromatic amines is 1. The second kappa shape index (κ2) is 8.90. The molecular formula is C20H21N3O5. The highest BCUT2D eigenvalue weighted by Crippen LogP contribution is 2.19. The van der Waals surface area contributed by atoms with E-state index in [0.29, 0.717) is 5.76 Å². The molecule has 3 N–H and O–H groups in total. The van der Waals surface area contributed by atoms with E-state index in [0.717, 1.165) is 16.5 Å². The molecule has 0 aliphatic heterocycles. The van der Waals surface area contributed by atoms with Crippen molar-refractivity contribution in [3.63, 3.8) is 0 Å². The standard InChI is InChI=1S/C20H21N3O5/c1-13(24)23-18(9-14-10-21-17-7-3-2-6-16(14)17)20(26)28-12-19(25)22-11-15-5-4-8-27-15/h2-8,10,18,21H,9,11-12H2,1H3,(H,22,25)(H,23,24). The number of benzene rings is 1. The van der Waals surface area contributed by atoms with E-state index < -0.39 is 24.5 Å². The summed E-state index contributed by atoms with van der Waals surface area (Å²) in [6.45, 7) is 1.09. The molecule has 0 radical (unpaired) electrons. The fraction of sp³-hybridized carbons (Fsp3) is 0.250. The number of nitrogens with one attached hydrogen (secondary N) is 3. The molecule has 0 saturated heterocycles. The van der Waals surface area contributed by atoms with Crippen LogP contribution in [-0.2, 0) is 32.1 Å². The molecule has 8 heteroatoms. The number of para-hydroxylation sites is 1. The van der Waals surface area contributed by atoms with Gasteiger partial charge in [-0.3, -0.25) is 9.59 Å². The number of aromatic nitrogens is 1. The molecule has 0 fully saturated rings. The zero-order valence-corrected chi connectivity index (χ0v) is 15.4. The molecule has 1 atom stereocenters. The third-order valence-electron chi connectivity index (χ3n) is 4.15. The first kappa shape index (κ1) is 19.2. The van der Waals surface area contributed by atoms with Crippen molar-refractivity contribution in [2.75, 3.05) is 6.61 Å². The molecule has 1 aromatic carbocycles. The number of hydrogen-bond donors (Lipinski definition) is 3. The largest absolute Gasteiger partial charge is 0.467 e. The van der Waals surface area contributed by atoms with Crippen molar-refractivity contribution >= 4 is 28.7 Å². The molecule has 0 bridgehead atoms. The highest BCUT2D eigenvalue weighted by atomic mass is 16.5.